The number of hydrogen-bond acceptors (Lipinski definition) is 3. The Hall–Kier alpha value is -2.20. The van der Waals surface area contributed by atoms with Gasteiger partial charge in [-0.2, -0.15) is 0 Å². The van der Waals surface area contributed by atoms with Crippen molar-refractivity contribution in [2.45, 2.75) is 20.5 Å². The molecule has 2 rings (SSSR count). The molecule has 0 fully saturated rings. The van der Waals surface area contributed by atoms with Crippen LogP contribution in [-0.2, 0) is 6.61 Å². The molecule has 2 aromatic carbocycles. The van der Waals surface area contributed by atoms with Crippen LogP contribution in [0.4, 0.5) is 10.5 Å². The second kappa shape index (κ2) is 7.88. The molecular formula is C19H21NO2S. The summed E-state index contributed by atoms with van der Waals surface area (Å²) in [5.41, 5.74) is 4.95. The van der Waals surface area contributed by atoms with Gasteiger partial charge in [0.25, 0.3) is 5.24 Å². The first-order valence-electron chi connectivity index (χ1n) is 7.34. The summed E-state index contributed by atoms with van der Waals surface area (Å²) in [6.07, 6.45) is 3.50. The van der Waals surface area contributed by atoms with Gasteiger partial charge in [0.2, 0.25) is 0 Å². The number of nitrogens with one attached hydrogen (secondary N) is 1. The maximum absolute atomic E-state index is 11.7. The highest BCUT2D eigenvalue weighted by molar-refractivity contribution is 8.13. The van der Waals surface area contributed by atoms with Crippen molar-refractivity contribution >= 4 is 28.8 Å². The van der Waals surface area contributed by atoms with Crippen molar-refractivity contribution < 1.29 is 9.53 Å². The third-order valence-electron chi connectivity index (χ3n) is 3.51. The average Bonchev–Trinajstić information content (AvgIpc) is 2.54. The lowest BCUT2D eigenvalue weighted by molar-refractivity contribution is 0.269. The summed E-state index contributed by atoms with van der Waals surface area (Å²) in [6, 6.07) is 11.9. The molecule has 1 N–H and O–H groups in total. The number of thioether (sulfide) groups is 1. The summed E-state index contributed by atoms with van der Waals surface area (Å²) >= 11 is 1.14. The molecule has 0 radical (unpaired) electrons. The van der Waals surface area contributed by atoms with Crippen molar-refractivity contribution in [3.05, 3.63) is 65.2 Å². The molecule has 2 aromatic rings. The lowest BCUT2D eigenvalue weighted by Crippen LogP contribution is -2.08. The maximum Gasteiger partial charge on any atom is 0.283 e. The van der Waals surface area contributed by atoms with E-state index in [1.165, 1.54) is 5.56 Å². The lowest BCUT2D eigenvalue weighted by Gasteiger charge is -2.14. The number of carbonyl (C=O) groups excluding carboxylic acids is 1. The third kappa shape index (κ3) is 4.63. The van der Waals surface area contributed by atoms with Gasteiger partial charge in [0.05, 0.1) is 0 Å². The Morgan fingerprint density at radius 3 is 2.70 bits per heavy atom. The molecule has 0 spiro atoms. The van der Waals surface area contributed by atoms with E-state index in [1.54, 1.807) is 12.3 Å². The molecular weight excluding hydrogens is 306 g/mol. The molecule has 4 heteroatoms. The number of aryl methyl sites for hydroxylation is 2. The lowest BCUT2D eigenvalue weighted by atomic mass is 10.1. The number of anilines is 1. The van der Waals surface area contributed by atoms with Gasteiger partial charge < -0.3 is 10.1 Å². The average molecular weight is 327 g/mol. The second-order valence-electron chi connectivity index (χ2n) is 5.29. The monoisotopic (exact) mass is 327 g/mol. The van der Waals surface area contributed by atoms with Crippen molar-refractivity contribution in [3.8, 4) is 5.75 Å². The van der Waals surface area contributed by atoms with Gasteiger partial charge in [0, 0.05) is 11.3 Å². The van der Waals surface area contributed by atoms with Gasteiger partial charge in [-0.3, -0.25) is 4.79 Å². The normalized spacial score (nSPS) is 10.2. The van der Waals surface area contributed by atoms with Crippen molar-refractivity contribution in [2.75, 3.05) is 11.6 Å². The zero-order valence-corrected chi connectivity index (χ0v) is 14.5. The molecule has 0 unspecified atom stereocenters. The van der Waals surface area contributed by atoms with E-state index in [2.05, 4.69) is 24.9 Å². The summed E-state index contributed by atoms with van der Waals surface area (Å²) in [4.78, 5) is 11.7. The summed E-state index contributed by atoms with van der Waals surface area (Å²) < 4.78 is 5.92. The van der Waals surface area contributed by atoms with E-state index in [-0.39, 0.29) is 5.24 Å². The summed E-state index contributed by atoms with van der Waals surface area (Å²) in [5.74, 6) is 0.852. The van der Waals surface area contributed by atoms with Crippen LogP contribution in [0.15, 0.2) is 43.0 Å². The molecule has 1 amide bonds. The Bertz CT molecular complexity index is 725. The highest BCUT2D eigenvalue weighted by atomic mass is 32.2. The van der Waals surface area contributed by atoms with Crippen LogP contribution >= 0.6 is 11.8 Å². The van der Waals surface area contributed by atoms with Crippen LogP contribution in [0.3, 0.4) is 0 Å². The number of hydrogen-bond donors (Lipinski definition) is 1. The van der Waals surface area contributed by atoms with Gasteiger partial charge in [0.15, 0.2) is 0 Å². The number of amides is 1. The Labute approximate surface area is 141 Å². The van der Waals surface area contributed by atoms with Crippen molar-refractivity contribution in [3.63, 3.8) is 0 Å². The quantitative estimate of drug-likeness (QED) is 0.797. The SMILES string of the molecule is C=Cc1ccc(COc2ccc(C)cc2C)c(NC(=O)SC)c1. The van der Waals surface area contributed by atoms with Crippen LogP contribution < -0.4 is 10.1 Å². The first kappa shape index (κ1) is 17.2. The number of rotatable bonds is 5. The fourth-order valence-electron chi connectivity index (χ4n) is 2.24. The first-order valence-corrected chi connectivity index (χ1v) is 8.56. The molecule has 0 heterocycles. The zero-order valence-electron chi connectivity index (χ0n) is 13.7. The van der Waals surface area contributed by atoms with E-state index in [9.17, 15) is 4.79 Å². The molecule has 0 aliphatic carbocycles. The van der Waals surface area contributed by atoms with Crippen molar-refractivity contribution in [1.82, 2.24) is 0 Å². The first-order chi connectivity index (χ1) is 11.0. The molecule has 23 heavy (non-hydrogen) atoms. The number of benzene rings is 2. The maximum atomic E-state index is 11.7. The molecule has 0 aromatic heterocycles. The highest BCUT2D eigenvalue weighted by Crippen LogP contribution is 2.24. The molecule has 0 aliphatic rings. The Morgan fingerprint density at radius 1 is 1.26 bits per heavy atom. The van der Waals surface area contributed by atoms with Gasteiger partial charge in [-0.25, -0.2) is 0 Å². The second-order valence-corrected chi connectivity index (χ2v) is 6.07. The summed E-state index contributed by atoms with van der Waals surface area (Å²) in [5, 5.41) is 2.79. The third-order valence-corrected chi connectivity index (χ3v) is 3.98. The predicted molar refractivity (Wildman–Crippen MR) is 99.3 cm³/mol. The topological polar surface area (TPSA) is 38.3 Å². The molecule has 0 saturated heterocycles. The van der Waals surface area contributed by atoms with Crippen LogP contribution in [0.2, 0.25) is 0 Å². The van der Waals surface area contributed by atoms with Crippen LogP contribution in [0, 0.1) is 13.8 Å². The Balaban J connectivity index is 2.20. The minimum absolute atomic E-state index is 0.0982. The molecule has 120 valence electrons. The van der Waals surface area contributed by atoms with E-state index in [0.717, 1.165) is 39.9 Å². The smallest absolute Gasteiger partial charge is 0.283 e. The van der Waals surface area contributed by atoms with Gasteiger partial charge in [-0.05, 0) is 43.4 Å². The van der Waals surface area contributed by atoms with Gasteiger partial charge in [-0.15, -0.1) is 0 Å². The van der Waals surface area contributed by atoms with E-state index in [1.807, 2.05) is 37.3 Å². The molecule has 3 nitrogen and oxygen atoms in total. The van der Waals surface area contributed by atoms with Crippen LogP contribution in [-0.4, -0.2) is 11.5 Å². The Kier molecular flexibility index (Phi) is 5.88. The van der Waals surface area contributed by atoms with Gasteiger partial charge >= 0.3 is 0 Å². The highest BCUT2D eigenvalue weighted by Gasteiger charge is 2.08. The molecule has 0 saturated carbocycles. The Morgan fingerprint density at radius 2 is 2.04 bits per heavy atom. The summed E-state index contributed by atoms with van der Waals surface area (Å²) in [6.45, 7) is 8.24. The van der Waals surface area contributed by atoms with Crippen molar-refractivity contribution in [2.24, 2.45) is 0 Å². The molecule has 0 bridgehead atoms. The number of carbonyl (C=O) groups is 1. The molecule has 0 atom stereocenters. The minimum Gasteiger partial charge on any atom is -0.489 e. The summed E-state index contributed by atoms with van der Waals surface area (Å²) in [7, 11) is 0. The van der Waals surface area contributed by atoms with E-state index in [0.29, 0.717) is 6.61 Å². The van der Waals surface area contributed by atoms with Crippen LogP contribution in [0.5, 0.6) is 5.75 Å². The molecule has 0 aliphatic heterocycles. The predicted octanol–water partition coefficient (Wildman–Crippen LogP) is 5.42. The fraction of sp³-hybridized carbons (Fsp3) is 0.211. The largest absolute Gasteiger partial charge is 0.489 e. The number of ether oxygens (including phenoxy) is 1. The minimum atomic E-state index is -0.0982. The van der Waals surface area contributed by atoms with E-state index in [4.69, 9.17) is 4.74 Å². The van der Waals surface area contributed by atoms with Crippen molar-refractivity contribution in [1.29, 1.82) is 0 Å². The zero-order chi connectivity index (χ0) is 16.8. The van der Waals surface area contributed by atoms with Crippen LogP contribution in [0.1, 0.15) is 22.3 Å². The van der Waals surface area contributed by atoms with Gasteiger partial charge in [-0.1, -0.05) is 54.2 Å². The van der Waals surface area contributed by atoms with Crippen LogP contribution in [0.25, 0.3) is 6.08 Å². The fourth-order valence-corrected chi connectivity index (χ4v) is 2.45. The standard InChI is InChI=1S/C19H21NO2S/c1-5-15-7-8-16(17(11-15)20-19(21)23-4)12-22-18-9-6-13(2)10-14(18)3/h5-11H,1,12H2,2-4H3,(H,20,21). The van der Waals surface area contributed by atoms with Gasteiger partial charge in [0.1, 0.15) is 12.4 Å². The van der Waals surface area contributed by atoms with E-state index >= 15 is 0 Å². The van der Waals surface area contributed by atoms with E-state index < -0.39 is 0 Å².